The van der Waals surface area contributed by atoms with E-state index in [4.69, 9.17) is 33.7 Å². The molecule has 2 aromatic rings. The summed E-state index contributed by atoms with van der Waals surface area (Å²) in [5.41, 5.74) is 5.93. The van der Waals surface area contributed by atoms with Crippen molar-refractivity contribution in [3.63, 3.8) is 0 Å². The Morgan fingerprint density at radius 3 is 2.86 bits per heavy atom. The highest BCUT2D eigenvalue weighted by Gasteiger charge is 2.25. The third-order valence-corrected chi connectivity index (χ3v) is 4.24. The fourth-order valence-corrected chi connectivity index (χ4v) is 2.69. The molecule has 0 aliphatic carbocycles. The normalized spacial score (nSPS) is 19.0. The Bertz CT molecular complexity index is 708. The van der Waals surface area contributed by atoms with Crippen LogP contribution < -0.4 is 10.6 Å². The third-order valence-electron chi connectivity index (χ3n) is 3.45. The Hall–Kier alpha value is -1.56. The molecule has 7 heteroatoms. The highest BCUT2D eigenvalue weighted by Crippen LogP contribution is 2.31. The number of anilines is 1. The van der Waals surface area contributed by atoms with Gasteiger partial charge in [0.15, 0.2) is 6.10 Å². The first-order valence-electron chi connectivity index (χ1n) is 6.47. The maximum absolute atomic E-state index is 11.3. The van der Waals surface area contributed by atoms with E-state index in [-0.39, 0.29) is 0 Å². The average molecular weight is 326 g/mol. The summed E-state index contributed by atoms with van der Waals surface area (Å²) in [7, 11) is 0. The Balaban J connectivity index is 1.97. The monoisotopic (exact) mass is 325 g/mol. The number of aromatic nitrogens is 1. The molecule has 21 heavy (non-hydrogen) atoms. The number of pyridine rings is 1. The lowest BCUT2D eigenvalue weighted by molar-refractivity contribution is -0.130. The van der Waals surface area contributed by atoms with Crippen molar-refractivity contribution in [3.8, 4) is 0 Å². The molecule has 1 amide bonds. The number of ether oxygens (including phenoxy) is 1. The molecule has 0 saturated carbocycles. The van der Waals surface area contributed by atoms with Crippen LogP contribution in [-0.2, 0) is 9.53 Å². The van der Waals surface area contributed by atoms with Gasteiger partial charge >= 0.3 is 0 Å². The number of halogens is 2. The summed E-state index contributed by atoms with van der Waals surface area (Å²) in [5, 5.41) is 1.80. The number of carbonyl (C=O) groups excluding carboxylic acids is 1. The molecule has 1 aromatic carbocycles. The molecule has 2 heterocycles. The van der Waals surface area contributed by atoms with Crippen molar-refractivity contribution < 1.29 is 9.53 Å². The molecule has 110 valence electrons. The SMILES string of the molecule is NC(=O)[C@@H]1CN(c2ccc3ccc(Cl)c(Cl)c3n2)CCO1. The Morgan fingerprint density at radius 1 is 1.33 bits per heavy atom. The van der Waals surface area contributed by atoms with Gasteiger partial charge < -0.3 is 15.4 Å². The molecule has 0 bridgehead atoms. The van der Waals surface area contributed by atoms with Crippen LogP contribution in [0.1, 0.15) is 0 Å². The van der Waals surface area contributed by atoms with Crippen molar-refractivity contribution in [1.29, 1.82) is 0 Å². The summed E-state index contributed by atoms with van der Waals surface area (Å²) < 4.78 is 5.33. The van der Waals surface area contributed by atoms with Crippen LogP contribution in [0.5, 0.6) is 0 Å². The number of rotatable bonds is 2. The Morgan fingerprint density at radius 2 is 2.10 bits per heavy atom. The van der Waals surface area contributed by atoms with Gasteiger partial charge in [-0.1, -0.05) is 29.3 Å². The first-order valence-corrected chi connectivity index (χ1v) is 7.22. The van der Waals surface area contributed by atoms with Gasteiger partial charge in [-0.2, -0.15) is 0 Å². The minimum atomic E-state index is -0.619. The molecule has 5 nitrogen and oxygen atoms in total. The zero-order valence-electron chi connectivity index (χ0n) is 11.1. The van der Waals surface area contributed by atoms with Crippen molar-refractivity contribution in [2.75, 3.05) is 24.6 Å². The minimum absolute atomic E-state index is 0.381. The van der Waals surface area contributed by atoms with Crippen LogP contribution in [0.4, 0.5) is 5.82 Å². The second-order valence-corrected chi connectivity index (χ2v) is 5.60. The molecule has 0 unspecified atom stereocenters. The topological polar surface area (TPSA) is 68.5 Å². The fourth-order valence-electron chi connectivity index (χ4n) is 2.32. The summed E-state index contributed by atoms with van der Waals surface area (Å²) in [6, 6.07) is 7.42. The lowest BCUT2D eigenvalue weighted by Crippen LogP contribution is -2.48. The summed E-state index contributed by atoms with van der Waals surface area (Å²) in [6.07, 6.45) is -0.619. The molecule has 1 atom stereocenters. The van der Waals surface area contributed by atoms with Crippen LogP contribution in [0.3, 0.4) is 0 Å². The van der Waals surface area contributed by atoms with Crippen LogP contribution in [-0.4, -0.2) is 36.7 Å². The molecule has 0 radical (unpaired) electrons. The maximum Gasteiger partial charge on any atom is 0.248 e. The van der Waals surface area contributed by atoms with Gasteiger partial charge in [-0.3, -0.25) is 4.79 Å². The predicted molar refractivity (Wildman–Crippen MR) is 82.9 cm³/mol. The minimum Gasteiger partial charge on any atom is -0.367 e. The van der Waals surface area contributed by atoms with Gasteiger partial charge in [0.25, 0.3) is 0 Å². The molecular weight excluding hydrogens is 313 g/mol. The van der Waals surface area contributed by atoms with E-state index in [2.05, 4.69) is 4.98 Å². The highest BCUT2D eigenvalue weighted by molar-refractivity contribution is 6.45. The van der Waals surface area contributed by atoms with E-state index in [0.717, 1.165) is 11.2 Å². The summed E-state index contributed by atoms with van der Waals surface area (Å²) in [4.78, 5) is 17.8. The van der Waals surface area contributed by atoms with Gasteiger partial charge in [0, 0.05) is 11.9 Å². The summed E-state index contributed by atoms with van der Waals surface area (Å²) in [6.45, 7) is 1.45. The third kappa shape index (κ3) is 2.77. The Kier molecular flexibility index (Phi) is 3.89. The Labute approximate surface area is 131 Å². The largest absolute Gasteiger partial charge is 0.367 e. The van der Waals surface area contributed by atoms with E-state index in [0.29, 0.717) is 35.3 Å². The van der Waals surface area contributed by atoms with Crippen molar-refractivity contribution >= 4 is 45.8 Å². The molecule has 3 rings (SSSR count). The number of carbonyl (C=O) groups is 1. The number of benzene rings is 1. The zero-order chi connectivity index (χ0) is 15.0. The van der Waals surface area contributed by atoms with Gasteiger partial charge in [0.2, 0.25) is 5.91 Å². The van der Waals surface area contributed by atoms with Crippen LogP contribution in [0.2, 0.25) is 10.0 Å². The van der Waals surface area contributed by atoms with E-state index < -0.39 is 12.0 Å². The highest BCUT2D eigenvalue weighted by atomic mass is 35.5. The van der Waals surface area contributed by atoms with Crippen molar-refractivity contribution in [2.45, 2.75) is 6.10 Å². The van der Waals surface area contributed by atoms with Gasteiger partial charge in [-0.25, -0.2) is 4.98 Å². The van der Waals surface area contributed by atoms with E-state index in [1.807, 2.05) is 23.1 Å². The second-order valence-electron chi connectivity index (χ2n) is 4.81. The van der Waals surface area contributed by atoms with Gasteiger partial charge in [-0.05, 0) is 18.2 Å². The number of hydrogen-bond donors (Lipinski definition) is 1. The number of hydrogen-bond acceptors (Lipinski definition) is 4. The number of nitrogens with two attached hydrogens (primary N) is 1. The number of primary amides is 1. The van der Waals surface area contributed by atoms with Gasteiger partial charge in [0.1, 0.15) is 5.82 Å². The predicted octanol–water partition coefficient (Wildman–Crippen LogP) is 2.23. The number of morpholine rings is 1. The van der Waals surface area contributed by atoms with E-state index in [1.54, 1.807) is 6.07 Å². The quantitative estimate of drug-likeness (QED) is 0.919. The number of nitrogens with zero attached hydrogens (tertiary/aromatic N) is 2. The van der Waals surface area contributed by atoms with E-state index >= 15 is 0 Å². The first kappa shape index (κ1) is 14.4. The lowest BCUT2D eigenvalue weighted by Gasteiger charge is -2.32. The molecular formula is C14H13Cl2N3O2. The van der Waals surface area contributed by atoms with E-state index in [1.165, 1.54) is 0 Å². The number of fused-ring (bicyclic) bond motifs is 1. The van der Waals surface area contributed by atoms with Gasteiger partial charge in [0.05, 0.1) is 28.7 Å². The number of amides is 1. The lowest BCUT2D eigenvalue weighted by atomic mass is 10.2. The fraction of sp³-hybridized carbons (Fsp3) is 0.286. The van der Waals surface area contributed by atoms with E-state index in [9.17, 15) is 4.79 Å². The smallest absolute Gasteiger partial charge is 0.248 e. The van der Waals surface area contributed by atoms with Gasteiger partial charge in [-0.15, -0.1) is 0 Å². The van der Waals surface area contributed by atoms with Crippen LogP contribution in [0.15, 0.2) is 24.3 Å². The van der Waals surface area contributed by atoms with Crippen LogP contribution in [0, 0.1) is 0 Å². The molecule has 1 aliphatic heterocycles. The molecule has 0 spiro atoms. The molecule has 2 N–H and O–H groups in total. The van der Waals surface area contributed by atoms with Crippen LogP contribution >= 0.6 is 23.2 Å². The van der Waals surface area contributed by atoms with Crippen molar-refractivity contribution in [3.05, 3.63) is 34.3 Å². The second kappa shape index (κ2) is 5.67. The molecule has 1 saturated heterocycles. The average Bonchev–Trinajstić information content (AvgIpc) is 2.51. The molecule has 1 aliphatic rings. The van der Waals surface area contributed by atoms with Crippen molar-refractivity contribution in [1.82, 2.24) is 4.98 Å². The summed E-state index contributed by atoms with van der Waals surface area (Å²) in [5.74, 6) is 0.253. The summed E-state index contributed by atoms with van der Waals surface area (Å²) >= 11 is 12.2. The standard InChI is InChI=1S/C14H13Cl2N3O2/c15-9-3-1-8-2-4-11(18-13(8)12(9)16)19-5-6-21-10(7-19)14(17)20/h1-4,10H,5-7H2,(H2,17,20)/t10-/m0/s1. The zero-order valence-corrected chi connectivity index (χ0v) is 12.6. The van der Waals surface area contributed by atoms with Crippen molar-refractivity contribution in [2.24, 2.45) is 5.73 Å². The first-order chi connectivity index (χ1) is 10.1. The molecule has 1 aromatic heterocycles. The van der Waals surface area contributed by atoms with Crippen LogP contribution in [0.25, 0.3) is 10.9 Å². The maximum atomic E-state index is 11.3. The molecule has 1 fully saturated rings.